The first-order valence-electron chi connectivity index (χ1n) is 14.5. The van der Waals surface area contributed by atoms with Crippen LogP contribution in [0.25, 0.3) is 0 Å². The van der Waals surface area contributed by atoms with Crippen molar-refractivity contribution < 1.29 is 33.9 Å². The van der Waals surface area contributed by atoms with E-state index in [1.54, 1.807) is 37.3 Å². The summed E-state index contributed by atoms with van der Waals surface area (Å²) in [4.78, 5) is 77.4. The summed E-state index contributed by atoms with van der Waals surface area (Å²) in [6.07, 6.45) is 2.41. The Morgan fingerprint density at radius 1 is 0.814 bits per heavy atom. The average molecular weight is 602 g/mol. The second-order valence-corrected chi connectivity index (χ2v) is 10.6. The summed E-state index contributed by atoms with van der Waals surface area (Å²) in [5.41, 5.74) is 6.80. The molecule has 1 aromatic rings. The SMILES string of the molecule is CC(=N)CCCC[C@@H]1NC(=O)[C@H](CCCCN)NC(=O)[C@@H](Cc2ccccc2)NC(=O)[C@H](CC(=O)O)NC(=O)CNC1=O. The fraction of sp³-hybridized carbons (Fsp3) is 0.552. The van der Waals surface area contributed by atoms with E-state index in [0.29, 0.717) is 49.9 Å². The number of carboxylic acids is 1. The van der Waals surface area contributed by atoms with Gasteiger partial charge >= 0.3 is 5.97 Å². The van der Waals surface area contributed by atoms with Crippen LogP contribution in [0, 0.1) is 5.41 Å². The molecule has 1 heterocycles. The Balaban J connectivity index is 2.42. The minimum Gasteiger partial charge on any atom is -0.481 e. The molecule has 0 bridgehead atoms. The summed E-state index contributed by atoms with van der Waals surface area (Å²) >= 11 is 0. The Morgan fingerprint density at radius 3 is 1.98 bits per heavy atom. The number of hydrogen-bond acceptors (Lipinski definition) is 8. The number of benzene rings is 1. The highest BCUT2D eigenvalue weighted by Gasteiger charge is 2.33. The van der Waals surface area contributed by atoms with Crippen LogP contribution in [0.5, 0.6) is 0 Å². The van der Waals surface area contributed by atoms with Crippen molar-refractivity contribution >= 4 is 41.2 Å². The number of rotatable bonds is 13. The highest BCUT2D eigenvalue weighted by Crippen LogP contribution is 2.10. The van der Waals surface area contributed by atoms with Crippen molar-refractivity contribution in [2.45, 2.75) is 88.9 Å². The standard InChI is InChI=1S/C29H43N7O7/c1-18(31)9-5-6-12-20-26(40)32-17-24(37)33-23(16-25(38)39)29(43)36-22(15-19-10-3-2-4-11-19)28(42)35-21(27(41)34-20)13-7-8-14-30/h2-4,10-11,20-23,31H,5-9,12-17,30H2,1H3,(H,32,40)(H,33,37)(H,34,41)(H,35,42)(H,36,43)(H,38,39)/t20-,21-,22+,23-/m0/s1. The lowest BCUT2D eigenvalue weighted by atomic mass is 10.0. The molecule has 14 heteroatoms. The Morgan fingerprint density at radius 2 is 1.37 bits per heavy atom. The van der Waals surface area contributed by atoms with Gasteiger partial charge in [0.2, 0.25) is 29.5 Å². The van der Waals surface area contributed by atoms with Crippen LogP contribution in [-0.4, -0.2) is 83.6 Å². The fourth-order valence-electron chi connectivity index (χ4n) is 4.56. The third-order valence-corrected chi connectivity index (χ3v) is 6.88. The van der Waals surface area contributed by atoms with E-state index in [0.717, 1.165) is 0 Å². The van der Waals surface area contributed by atoms with E-state index in [4.69, 9.17) is 11.1 Å². The van der Waals surface area contributed by atoms with Crippen molar-refractivity contribution in [2.75, 3.05) is 13.1 Å². The van der Waals surface area contributed by atoms with Gasteiger partial charge in [-0.25, -0.2) is 0 Å². The van der Waals surface area contributed by atoms with Gasteiger partial charge in [0.05, 0.1) is 13.0 Å². The molecule has 4 atom stereocenters. The van der Waals surface area contributed by atoms with Gasteiger partial charge in [-0.05, 0) is 57.6 Å². The van der Waals surface area contributed by atoms with Crippen LogP contribution in [0.15, 0.2) is 30.3 Å². The second kappa shape index (κ2) is 18.3. The van der Waals surface area contributed by atoms with Crippen LogP contribution < -0.4 is 32.3 Å². The van der Waals surface area contributed by atoms with Crippen molar-refractivity contribution in [3.8, 4) is 0 Å². The van der Waals surface area contributed by atoms with Crippen molar-refractivity contribution in [1.29, 1.82) is 5.41 Å². The van der Waals surface area contributed by atoms with Crippen molar-refractivity contribution in [2.24, 2.45) is 5.73 Å². The molecule has 14 nitrogen and oxygen atoms in total. The Labute approximate surface area is 250 Å². The minimum absolute atomic E-state index is 0.0262. The van der Waals surface area contributed by atoms with Crippen LogP contribution in [0.3, 0.4) is 0 Å². The Kier molecular flexibility index (Phi) is 14.8. The predicted octanol–water partition coefficient (Wildman–Crippen LogP) is -0.498. The van der Waals surface area contributed by atoms with Gasteiger partial charge < -0.3 is 42.8 Å². The quantitative estimate of drug-likeness (QED) is 0.108. The summed E-state index contributed by atoms with van der Waals surface area (Å²) in [5, 5.41) is 29.7. The van der Waals surface area contributed by atoms with Crippen LogP contribution in [0.1, 0.15) is 63.9 Å². The van der Waals surface area contributed by atoms with E-state index in [1.165, 1.54) is 0 Å². The van der Waals surface area contributed by atoms with Crippen LogP contribution in [0.2, 0.25) is 0 Å². The molecule has 2 rings (SSSR count). The van der Waals surface area contributed by atoms with Gasteiger partial charge in [-0.15, -0.1) is 0 Å². The van der Waals surface area contributed by atoms with Gasteiger partial charge in [-0.3, -0.25) is 28.8 Å². The molecule has 9 N–H and O–H groups in total. The number of amides is 5. The molecular weight excluding hydrogens is 558 g/mol. The molecule has 1 aliphatic rings. The maximum atomic E-state index is 13.6. The molecule has 0 radical (unpaired) electrons. The summed E-state index contributed by atoms with van der Waals surface area (Å²) in [6.45, 7) is 1.48. The van der Waals surface area contributed by atoms with E-state index in [1.807, 2.05) is 0 Å². The first-order valence-corrected chi connectivity index (χ1v) is 14.5. The Hall–Kier alpha value is -4.33. The predicted molar refractivity (Wildman–Crippen MR) is 158 cm³/mol. The van der Waals surface area contributed by atoms with Crippen LogP contribution in [-0.2, 0) is 35.2 Å². The average Bonchev–Trinajstić information content (AvgIpc) is 2.95. The van der Waals surface area contributed by atoms with E-state index in [2.05, 4.69) is 26.6 Å². The van der Waals surface area contributed by atoms with Crippen LogP contribution in [0.4, 0.5) is 0 Å². The van der Waals surface area contributed by atoms with E-state index in [9.17, 15) is 33.9 Å². The van der Waals surface area contributed by atoms with Crippen molar-refractivity contribution in [3.05, 3.63) is 35.9 Å². The normalized spacial score (nSPS) is 22.1. The van der Waals surface area contributed by atoms with Crippen molar-refractivity contribution in [3.63, 3.8) is 0 Å². The molecule has 0 spiro atoms. The number of carboxylic acid groups (broad SMARTS) is 1. The molecule has 0 aliphatic carbocycles. The maximum Gasteiger partial charge on any atom is 0.305 e. The molecule has 0 aromatic heterocycles. The third-order valence-electron chi connectivity index (χ3n) is 6.88. The molecule has 43 heavy (non-hydrogen) atoms. The number of hydrogen-bond donors (Lipinski definition) is 8. The molecular formula is C29H43N7O7. The highest BCUT2D eigenvalue weighted by atomic mass is 16.4. The number of aliphatic carboxylic acids is 1. The molecule has 236 valence electrons. The number of carbonyl (C=O) groups excluding carboxylic acids is 5. The molecule has 0 saturated carbocycles. The maximum absolute atomic E-state index is 13.6. The topological polar surface area (TPSA) is 233 Å². The number of unbranched alkanes of at least 4 members (excludes halogenated alkanes) is 2. The molecule has 1 fully saturated rings. The van der Waals surface area contributed by atoms with E-state index < -0.39 is 72.6 Å². The third kappa shape index (κ3) is 13.0. The largest absolute Gasteiger partial charge is 0.481 e. The lowest BCUT2D eigenvalue weighted by Gasteiger charge is -2.26. The second-order valence-electron chi connectivity index (χ2n) is 10.6. The fourth-order valence-corrected chi connectivity index (χ4v) is 4.56. The zero-order chi connectivity index (χ0) is 31.8. The van der Waals surface area contributed by atoms with Gasteiger partial charge in [-0.1, -0.05) is 36.8 Å². The number of nitrogens with one attached hydrogen (secondary N) is 6. The first kappa shape index (κ1) is 34.9. The van der Waals surface area contributed by atoms with Gasteiger partial charge in [-0.2, -0.15) is 0 Å². The van der Waals surface area contributed by atoms with Gasteiger partial charge in [0, 0.05) is 12.1 Å². The first-order chi connectivity index (χ1) is 20.5. The smallest absolute Gasteiger partial charge is 0.305 e. The molecule has 0 unspecified atom stereocenters. The Bertz CT molecular complexity index is 1150. The molecule has 1 aromatic carbocycles. The highest BCUT2D eigenvalue weighted by molar-refractivity contribution is 5.98. The van der Waals surface area contributed by atoms with Crippen LogP contribution >= 0.6 is 0 Å². The zero-order valence-corrected chi connectivity index (χ0v) is 24.4. The summed E-state index contributed by atoms with van der Waals surface area (Å²) in [6, 6.07) is 3.95. The van der Waals surface area contributed by atoms with Gasteiger partial charge in [0.15, 0.2) is 0 Å². The molecule has 1 aliphatic heterocycles. The van der Waals surface area contributed by atoms with Crippen molar-refractivity contribution in [1.82, 2.24) is 26.6 Å². The monoisotopic (exact) mass is 601 g/mol. The lowest BCUT2D eigenvalue weighted by molar-refractivity contribution is -0.141. The summed E-state index contributed by atoms with van der Waals surface area (Å²) in [7, 11) is 0. The van der Waals surface area contributed by atoms with E-state index in [-0.39, 0.29) is 19.3 Å². The van der Waals surface area contributed by atoms with Gasteiger partial charge in [0.25, 0.3) is 0 Å². The van der Waals surface area contributed by atoms with Gasteiger partial charge in [0.1, 0.15) is 24.2 Å². The molecule has 5 amide bonds. The minimum atomic E-state index is -1.53. The number of nitrogens with two attached hydrogens (primary N) is 1. The number of carbonyl (C=O) groups is 6. The lowest BCUT2D eigenvalue weighted by Crippen LogP contribution is -2.58. The molecule has 1 saturated heterocycles. The summed E-state index contributed by atoms with van der Waals surface area (Å²) in [5.74, 6) is -5.04. The summed E-state index contributed by atoms with van der Waals surface area (Å²) < 4.78 is 0. The van der Waals surface area contributed by atoms with E-state index >= 15 is 0 Å². The zero-order valence-electron chi connectivity index (χ0n) is 24.4.